The number of aliphatic hydroxyl groups is 1. The highest BCUT2D eigenvalue weighted by atomic mass is 79.9. The monoisotopic (exact) mass is 378 g/mol. The summed E-state index contributed by atoms with van der Waals surface area (Å²) in [6, 6.07) is 6.29. The van der Waals surface area contributed by atoms with Crippen LogP contribution in [0.5, 0.6) is 0 Å². The van der Waals surface area contributed by atoms with Crippen LogP contribution in [0, 0.1) is 5.82 Å². The molecule has 0 aliphatic rings. The number of hydrogen-bond donors (Lipinski definition) is 1. The van der Waals surface area contributed by atoms with Crippen molar-refractivity contribution in [3.63, 3.8) is 0 Å². The molecule has 1 N–H and O–H groups in total. The van der Waals surface area contributed by atoms with Crippen LogP contribution in [0.3, 0.4) is 0 Å². The first-order valence-electron chi connectivity index (χ1n) is 4.92. The predicted molar refractivity (Wildman–Crippen MR) is 74.8 cm³/mol. The van der Waals surface area contributed by atoms with E-state index in [0.29, 0.717) is 12.0 Å². The van der Waals surface area contributed by atoms with E-state index in [1.165, 1.54) is 12.1 Å². The number of aliphatic hydroxyl groups excluding tert-OH is 1. The Morgan fingerprint density at radius 2 is 2.06 bits per heavy atom. The van der Waals surface area contributed by atoms with Gasteiger partial charge in [-0.05, 0) is 45.8 Å². The van der Waals surface area contributed by atoms with E-state index >= 15 is 0 Å². The topological polar surface area (TPSA) is 20.2 Å². The second-order valence-electron chi connectivity index (χ2n) is 3.62. The van der Waals surface area contributed by atoms with E-state index < -0.39 is 6.10 Å². The highest BCUT2D eigenvalue weighted by Gasteiger charge is 2.14. The van der Waals surface area contributed by atoms with Crippen molar-refractivity contribution in [1.29, 1.82) is 0 Å². The van der Waals surface area contributed by atoms with Gasteiger partial charge < -0.3 is 5.11 Å². The van der Waals surface area contributed by atoms with Gasteiger partial charge in [0, 0.05) is 25.6 Å². The Hall–Kier alpha value is -0.230. The predicted octanol–water partition coefficient (Wildman–Crippen LogP) is 4.69. The Kier molecular flexibility index (Phi) is 4.36. The van der Waals surface area contributed by atoms with E-state index in [1.54, 1.807) is 17.4 Å². The van der Waals surface area contributed by atoms with Crippen molar-refractivity contribution < 1.29 is 9.50 Å². The van der Waals surface area contributed by atoms with Crippen molar-refractivity contribution in [3.05, 3.63) is 54.8 Å². The van der Waals surface area contributed by atoms with Gasteiger partial charge in [0.15, 0.2) is 0 Å². The third-order valence-corrected chi connectivity index (χ3v) is 4.78. The Bertz CT molecular complexity index is 527. The summed E-state index contributed by atoms with van der Waals surface area (Å²) < 4.78 is 14.8. The van der Waals surface area contributed by atoms with Crippen molar-refractivity contribution in [1.82, 2.24) is 0 Å². The van der Waals surface area contributed by atoms with E-state index in [9.17, 15) is 9.50 Å². The molecule has 0 amide bonds. The third kappa shape index (κ3) is 3.37. The minimum atomic E-state index is -0.703. The van der Waals surface area contributed by atoms with Crippen LogP contribution in [-0.2, 0) is 6.42 Å². The summed E-state index contributed by atoms with van der Waals surface area (Å²) in [6.07, 6.45) is -0.219. The lowest BCUT2D eigenvalue weighted by Gasteiger charge is -2.11. The first kappa shape index (κ1) is 13.2. The zero-order valence-electron chi connectivity index (χ0n) is 8.66. The molecular weight excluding hydrogens is 371 g/mol. The van der Waals surface area contributed by atoms with Crippen LogP contribution >= 0.6 is 43.2 Å². The van der Waals surface area contributed by atoms with Crippen molar-refractivity contribution in [2.75, 3.05) is 0 Å². The summed E-state index contributed by atoms with van der Waals surface area (Å²) in [6.45, 7) is 0. The van der Waals surface area contributed by atoms with E-state index in [1.807, 2.05) is 11.4 Å². The molecule has 1 aromatic carbocycles. The molecule has 0 aliphatic heterocycles. The summed E-state index contributed by atoms with van der Waals surface area (Å²) in [5, 5.41) is 12.0. The van der Waals surface area contributed by atoms with E-state index in [2.05, 4.69) is 31.9 Å². The molecule has 17 heavy (non-hydrogen) atoms. The maximum Gasteiger partial charge on any atom is 0.123 e. The summed E-state index contributed by atoms with van der Waals surface area (Å²) in [4.78, 5) is 1.06. The summed E-state index contributed by atoms with van der Waals surface area (Å²) >= 11 is 8.25. The molecule has 1 aromatic heterocycles. The maximum absolute atomic E-state index is 13.1. The first-order chi connectivity index (χ1) is 8.06. The summed E-state index contributed by atoms with van der Waals surface area (Å²) in [5.74, 6) is -0.338. The Morgan fingerprint density at radius 3 is 2.71 bits per heavy atom. The van der Waals surface area contributed by atoms with Crippen molar-refractivity contribution >= 4 is 43.2 Å². The lowest BCUT2D eigenvalue weighted by Crippen LogP contribution is -2.02. The van der Waals surface area contributed by atoms with Crippen LogP contribution in [0.4, 0.5) is 4.39 Å². The fourth-order valence-corrected chi connectivity index (χ4v) is 3.53. The SMILES string of the molecule is OC(Cc1cc(Br)cs1)c1cc(F)ccc1Br. The van der Waals surface area contributed by atoms with Crippen LogP contribution < -0.4 is 0 Å². The van der Waals surface area contributed by atoms with Gasteiger partial charge in [0.05, 0.1) is 6.10 Å². The van der Waals surface area contributed by atoms with Gasteiger partial charge in [0.1, 0.15) is 5.82 Å². The fourth-order valence-electron chi connectivity index (χ4n) is 1.53. The highest BCUT2D eigenvalue weighted by Crippen LogP contribution is 2.29. The molecule has 0 radical (unpaired) electrons. The zero-order valence-corrected chi connectivity index (χ0v) is 12.6. The molecule has 0 saturated carbocycles. The van der Waals surface area contributed by atoms with Gasteiger partial charge in [-0.1, -0.05) is 15.9 Å². The number of rotatable bonds is 3. The number of thiophene rings is 1. The van der Waals surface area contributed by atoms with Crippen LogP contribution in [0.25, 0.3) is 0 Å². The van der Waals surface area contributed by atoms with Gasteiger partial charge in [-0.25, -0.2) is 4.39 Å². The highest BCUT2D eigenvalue weighted by molar-refractivity contribution is 9.10. The lowest BCUT2D eigenvalue weighted by molar-refractivity contribution is 0.178. The zero-order chi connectivity index (χ0) is 12.4. The van der Waals surface area contributed by atoms with Crippen molar-refractivity contribution in [2.24, 2.45) is 0 Å². The molecule has 2 rings (SSSR count). The van der Waals surface area contributed by atoms with Gasteiger partial charge in [0.25, 0.3) is 0 Å². The molecule has 1 unspecified atom stereocenters. The fraction of sp³-hybridized carbons (Fsp3) is 0.167. The Balaban J connectivity index is 2.19. The molecule has 2 aromatic rings. The van der Waals surface area contributed by atoms with Crippen LogP contribution in [0.1, 0.15) is 16.5 Å². The largest absolute Gasteiger partial charge is 0.388 e. The summed E-state index contributed by atoms with van der Waals surface area (Å²) in [7, 11) is 0. The number of hydrogen-bond acceptors (Lipinski definition) is 2. The van der Waals surface area contributed by atoms with Gasteiger partial charge in [-0.2, -0.15) is 0 Å². The van der Waals surface area contributed by atoms with E-state index in [-0.39, 0.29) is 5.82 Å². The normalized spacial score (nSPS) is 12.7. The molecule has 0 aliphatic carbocycles. The molecule has 0 saturated heterocycles. The van der Waals surface area contributed by atoms with Crippen molar-refractivity contribution in [2.45, 2.75) is 12.5 Å². The van der Waals surface area contributed by atoms with Gasteiger partial charge in [-0.15, -0.1) is 11.3 Å². The first-order valence-corrected chi connectivity index (χ1v) is 7.39. The molecule has 1 heterocycles. The van der Waals surface area contributed by atoms with Crippen molar-refractivity contribution in [3.8, 4) is 0 Å². The smallest absolute Gasteiger partial charge is 0.123 e. The average Bonchev–Trinajstić information content (AvgIpc) is 2.67. The molecule has 0 fully saturated rings. The standard InChI is InChI=1S/C12H9Br2FOS/c13-7-3-9(17-6-7)5-12(16)10-4-8(15)1-2-11(10)14/h1-4,6,12,16H,5H2. The minimum Gasteiger partial charge on any atom is -0.388 e. The van der Waals surface area contributed by atoms with Crippen LogP contribution in [0.2, 0.25) is 0 Å². The second kappa shape index (κ2) is 5.61. The van der Waals surface area contributed by atoms with Gasteiger partial charge in [0.2, 0.25) is 0 Å². The Morgan fingerprint density at radius 1 is 1.29 bits per heavy atom. The lowest BCUT2D eigenvalue weighted by atomic mass is 10.1. The summed E-state index contributed by atoms with van der Waals surface area (Å²) in [5.41, 5.74) is 0.578. The molecule has 0 bridgehead atoms. The molecule has 0 spiro atoms. The molecule has 1 atom stereocenters. The van der Waals surface area contributed by atoms with Gasteiger partial charge >= 0.3 is 0 Å². The third-order valence-electron chi connectivity index (χ3n) is 2.33. The number of benzene rings is 1. The average molecular weight is 380 g/mol. The molecule has 5 heteroatoms. The molecular formula is C12H9Br2FOS. The van der Waals surface area contributed by atoms with E-state index in [4.69, 9.17) is 0 Å². The Labute approximate surface area is 120 Å². The van der Waals surface area contributed by atoms with Crippen LogP contribution in [0.15, 0.2) is 38.6 Å². The minimum absolute atomic E-state index is 0.338. The quantitative estimate of drug-likeness (QED) is 0.820. The van der Waals surface area contributed by atoms with E-state index in [0.717, 1.165) is 13.8 Å². The second-order valence-corrected chi connectivity index (χ2v) is 6.38. The molecule has 1 nitrogen and oxygen atoms in total. The van der Waals surface area contributed by atoms with Crippen LogP contribution in [-0.4, -0.2) is 5.11 Å². The number of halogens is 3. The maximum atomic E-state index is 13.1. The molecule has 90 valence electrons. The van der Waals surface area contributed by atoms with Gasteiger partial charge in [-0.3, -0.25) is 0 Å².